The van der Waals surface area contributed by atoms with Crippen molar-refractivity contribution in [1.29, 1.82) is 0 Å². The van der Waals surface area contributed by atoms with Crippen molar-refractivity contribution in [2.75, 3.05) is 9.80 Å². The molecular formula is C68H46N2. The molecule has 1 unspecified atom stereocenters. The molecule has 0 saturated carbocycles. The van der Waals surface area contributed by atoms with E-state index in [9.17, 15) is 0 Å². The molecule has 11 aromatic rings. The monoisotopic (exact) mass is 890 g/mol. The van der Waals surface area contributed by atoms with Crippen molar-refractivity contribution >= 4 is 34.1 Å². The second-order valence-corrected chi connectivity index (χ2v) is 18.7. The van der Waals surface area contributed by atoms with Crippen molar-refractivity contribution in [1.82, 2.24) is 0 Å². The summed E-state index contributed by atoms with van der Waals surface area (Å²) in [6.07, 6.45) is 0. The Morgan fingerprint density at radius 2 is 0.486 bits per heavy atom. The van der Waals surface area contributed by atoms with E-state index >= 15 is 0 Å². The van der Waals surface area contributed by atoms with Gasteiger partial charge in [-0.15, -0.1) is 0 Å². The van der Waals surface area contributed by atoms with E-state index in [-0.39, 0.29) is 0 Å². The molecule has 14 rings (SSSR count). The molecular weight excluding hydrogens is 845 g/mol. The van der Waals surface area contributed by atoms with E-state index in [1.807, 2.05) is 0 Å². The lowest BCUT2D eigenvalue weighted by atomic mass is 9.67. The van der Waals surface area contributed by atoms with Gasteiger partial charge in [0.15, 0.2) is 0 Å². The molecule has 0 saturated heterocycles. The van der Waals surface area contributed by atoms with Gasteiger partial charge in [-0.1, -0.05) is 206 Å². The van der Waals surface area contributed by atoms with Crippen molar-refractivity contribution < 1.29 is 0 Å². The summed E-state index contributed by atoms with van der Waals surface area (Å²) < 4.78 is 0. The summed E-state index contributed by atoms with van der Waals surface area (Å²) in [7, 11) is 0. The largest absolute Gasteiger partial charge is 0.310 e. The molecule has 1 atom stereocenters. The molecule has 0 fully saturated rings. The van der Waals surface area contributed by atoms with Gasteiger partial charge in [0.1, 0.15) is 0 Å². The molecule has 11 aromatic carbocycles. The average Bonchev–Trinajstić information content (AvgIpc) is 4.02. The molecule has 0 radical (unpaired) electrons. The van der Waals surface area contributed by atoms with Gasteiger partial charge in [-0.25, -0.2) is 0 Å². The van der Waals surface area contributed by atoms with Crippen LogP contribution in [0.2, 0.25) is 0 Å². The lowest BCUT2D eigenvalue weighted by molar-refractivity contribution is 0.768. The minimum absolute atomic E-state index is 0.499. The summed E-state index contributed by atoms with van der Waals surface area (Å²) >= 11 is 0. The van der Waals surface area contributed by atoms with E-state index in [4.69, 9.17) is 0 Å². The highest BCUT2D eigenvalue weighted by Crippen LogP contribution is 2.64. The first-order chi connectivity index (χ1) is 34.7. The SMILES string of the molecule is c1ccc(N(c2ccccc2)c2ccc3c(c2)-c2ccccc2C32c3ccccc3-c3cc(N(c4ccccc4)c4ccc5c(c4)C(c4ccccc4)(c4ccccc4)c4ccccc4-5)ccc32)cc1. The van der Waals surface area contributed by atoms with Crippen LogP contribution in [0.3, 0.4) is 0 Å². The standard InChI is InChI=1S/C68H46N2/c1-6-22-47(23-7-1)67(48-24-8-2-9-25-48)61-35-19-16-32-55(61)58-41-38-54(46-66(58)67)70(51-30-14-5-15-31-51)53-40-43-65-60(45-53)57-34-18-21-37-63(57)68(65)62-36-20-17-33-56(62)59-44-52(39-42-64(59)68)69(49-26-10-3-11-27-49)50-28-12-4-13-29-50/h1-46H. The van der Waals surface area contributed by atoms with Gasteiger partial charge in [0.2, 0.25) is 0 Å². The summed E-state index contributed by atoms with van der Waals surface area (Å²) in [6, 6.07) is 103. The average molecular weight is 891 g/mol. The van der Waals surface area contributed by atoms with Gasteiger partial charge in [-0.3, -0.25) is 0 Å². The van der Waals surface area contributed by atoms with Gasteiger partial charge in [-0.2, -0.15) is 0 Å². The predicted molar refractivity (Wildman–Crippen MR) is 289 cm³/mol. The Morgan fingerprint density at radius 1 is 0.186 bits per heavy atom. The summed E-state index contributed by atoms with van der Waals surface area (Å²) in [5.74, 6) is 0. The molecule has 3 aliphatic carbocycles. The van der Waals surface area contributed by atoms with Crippen LogP contribution >= 0.6 is 0 Å². The van der Waals surface area contributed by atoms with Crippen molar-refractivity contribution in [2.24, 2.45) is 0 Å². The van der Waals surface area contributed by atoms with Crippen LogP contribution in [0.4, 0.5) is 34.1 Å². The number of anilines is 6. The second kappa shape index (κ2) is 15.8. The summed E-state index contributed by atoms with van der Waals surface area (Å²) in [4.78, 5) is 4.83. The number of rotatable bonds is 8. The molecule has 3 aliphatic rings. The van der Waals surface area contributed by atoms with E-state index in [0.717, 1.165) is 34.1 Å². The maximum Gasteiger partial charge on any atom is 0.0725 e. The zero-order valence-corrected chi connectivity index (χ0v) is 38.5. The van der Waals surface area contributed by atoms with Gasteiger partial charge in [0, 0.05) is 34.1 Å². The third kappa shape index (κ3) is 5.68. The van der Waals surface area contributed by atoms with Crippen LogP contribution in [0, 0.1) is 0 Å². The number of fused-ring (bicyclic) bond motifs is 13. The predicted octanol–water partition coefficient (Wildman–Crippen LogP) is 17.3. The number of para-hydroxylation sites is 3. The number of hydrogen-bond acceptors (Lipinski definition) is 2. The number of benzene rings is 11. The molecule has 2 heteroatoms. The van der Waals surface area contributed by atoms with E-state index in [2.05, 4.69) is 289 Å². The Kier molecular flexibility index (Phi) is 9.06. The van der Waals surface area contributed by atoms with Gasteiger partial charge in [0.25, 0.3) is 0 Å². The minimum Gasteiger partial charge on any atom is -0.310 e. The second-order valence-electron chi connectivity index (χ2n) is 18.7. The molecule has 0 bridgehead atoms. The Labute approximate surface area is 409 Å². The van der Waals surface area contributed by atoms with E-state index in [1.165, 1.54) is 77.9 Å². The third-order valence-corrected chi connectivity index (χ3v) is 15.3. The fourth-order valence-electron chi connectivity index (χ4n) is 12.6. The van der Waals surface area contributed by atoms with E-state index in [0.29, 0.717) is 0 Å². The number of nitrogens with zero attached hydrogens (tertiary/aromatic N) is 2. The van der Waals surface area contributed by atoms with Gasteiger partial charge in [0.05, 0.1) is 10.8 Å². The van der Waals surface area contributed by atoms with Crippen LogP contribution in [0.5, 0.6) is 0 Å². The molecule has 0 amide bonds. The Hall–Kier alpha value is -8.98. The van der Waals surface area contributed by atoms with Crippen molar-refractivity contribution in [3.63, 3.8) is 0 Å². The highest BCUT2D eigenvalue weighted by Gasteiger charge is 2.52. The zero-order valence-electron chi connectivity index (χ0n) is 38.5. The van der Waals surface area contributed by atoms with E-state index in [1.54, 1.807) is 0 Å². The Balaban J connectivity index is 0.969. The molecule has 70 heavy (non-hydrogen) atoms. The maximum absolute atomic E-state index is 2.47. The first-order valence-corrected chi connectivity index (χ1v) is 24.3. The molecule has 0 aliphatic heterocycles. The molecule has 0 aromatic heterocycles. The molecule has 2 nitrogen and oxygen atoms in total. The maximum atomic E-state index is 2.47. The summed E-state index contributed by atoms with van der Waals surface area (Å²) in [6.45, 7) is 0. The lowest BCUT2D eigenvalue weighted by Gasteiger charge is -2.35. The normalized spacial score (nSPS) is 15.0. The first-order valence-electron chi connectivity index (χ1n) is 24.3. The van der Waals surface area contributed by atoms with Crippen LogP contribution < -0.4 is 9.80 Å². The van der Waals surface area contributed by atoms with Crippen molar-refractivity contribution in [2.45, 2.75) is 10.8 Å². The first kappa shape index (κ1) is 40.1. The summed E-state index contributed by atoms with van der Waals surface area (Å²) in [5.41, 5.74) is 23.7. The van der Waals surface area contributed by atoms with Gasteiger partial charge < -0.3 is 9.80 Å². The Morgan fingerprint density at radius 3 is 0.929 bits per heavy atom. The fraction of sp³-hybridized carbons (Fsp3) is 0.0294. The highest BCUT2D eigenvalue weighted by atomic mass is 15.1. The minimum atomic E-state index is -0.515. The van der Waals surface area contributed by atoms with Crippen LogP contribution in [-0.2, 0) is 10.8 Å². The van der Waals surface area contributed by atoms with Crippen LogP contribution in [-0.4, -0.2) is 0 Å². The van der Waals surface area contributed by atoms with Crippen molar-refractivity contribution in [3.05, 3.63) is 324 Å². The fourth-order valence-corrected chi connectivity index (χ4v) is 12.6. The highest BCUT2D eigenvalue weighted by molar-refractivity contribution is 5.98. The number of hydrogen-bond donors (Lipinski definition) is 0. The van der Waals surface area contributed by atoms with Crippen LogP contribution in [0.25, 0.3) is 33.4 Å². The quantitative estimate of drug-likeness (QED) is 0.150. The van der Waals surface area contributed by atoms with Gasteiger partial charge >= 0.3 is 0 Å². The zero-order chi connectivity index (χ0) is 46.2. The lowest BCUT2D eigenvalue weighted by Crippen LogP contribution is -2.28. The van der Waals surface area contributed by atoms with Gasteiger partial charge in [-0.05, 0) is 151 Å². The smallest absolute Gasteiger partial charge is 0.0725 e. The molecule has 0 N–H and O–H groups in total. The molecule has 0 heterocycles. The molecule has 1 spiro atoms. The van der Waals surface area contributed by atoms with Crippen molar-refractivity contribution in [3.8, 4) is 33.4 Å². The Bertz CT molecular complexity index is 3690. The summed E-state index contributed by atoms with van der Waals surface area (Å²) in [5, 5.41) is 0. The third-order valence-electron chi connectivity index (χ3n) is 15.3. The van der Waals surface area contributed by atoms with Crippen LogP contribution in [0.1, 0.15) is 44.5 Å². The van der Waals surface area contributed by atoms with E-state index < -0.39 is 10.8 Å². The topological polar surface area (TPSA) is 6.48 Å². The molecule has 328 valence electrons. The van der Waals surface area contributed by atoms with Crippen LogP contribution in [0.15, 0.2) is 279 Å².